The molecule has 0 unspecified atom stereocenters. The maximum atomic E-state index is 11.6. The van der Waals surface area contributed by atoms with Crippen LogP contribution < -0.4 is 0 Å². The Morgan fingerprint density at radius 1 is 1.06 bits per heavy atom. The minimum absolute atomic E-state index is 0.0484. The van der Waals surface area contributed by atoms with Gasteiger partial charge in [0.15, 0.2) is 0 Å². The third-order valence-electron chi connectivity index (χ3n) is 10.9. The van der Waals surface area contributed by atoms with E-state index in [0.717, 1.165) is 42.9 Å². The van der Waals surface area contributed by atoms with E-state index >= 15 is 0 Å². The zero-order chi connectivity index (χ0) is 24.0. The lowest BCUT2D eigenvalue weighted by molar-refractivity contribution is -0.149. The van der Waals surface area contributed by atoms with Gasteiger partial charge in [0.2, 0.25) is 0 Å². The van der Waals surface area contributed by atoms with Crippen LogP contribution in [0.25, 0.3) is 0 Å². The molecule has 188 valence electrons. The molecule has 3 nitrogen and oxygen atoms in total. The Kier molecular flexibility index (Phi) is 7.40. The van der Waals surface area contributed by atoms with Gasteiger partial charge in [0.25, 0.3) is 0 Å². The minimum Gasteiger partial charge on any atom is -0.462 e. The highest BCUT2D eigenvalue weighted by molar-refractivity contribution is 5.66. The van der Waals surface area contributed by atoms with Gasteiger partial charge in [0.1, 0.15) is 6.10 Å². The van der Waals surface area contributed by atoms with Gasteiger partial charge in [-0.15, -0.1) is 0 Å². The van der Waals surface area contributed by atoms with E-state index in [1.54, 1.807) is 6.92 Å². The maximum absolute atomic E-state index is 11.6. The Hall–Kier alpha value is -0.830. The number of carbonyl (C=O) groups excluding carboxylic acids is 1. The molecule has 4 aliphatic carbocycles. The normalized spacial score (nSPS) is 43.3. The van der Waals surface area contributed by atoms with Crippen molar-refractivity contribution in [2.24, 2.45) is 46.3 Å². The van der Waals surface area contributed by atoms with Crippen LogP contribution in [0.1, 0.15) is 106 Å². The van der Waals surface area contributed by atoms with Crippen LogP contribution in [0.2, 0.25) is 0 Å². The van der Waals surface area contributed by atoms with E-state index in [2.05, 4.69) is 40.7 Å². The zero-order valence-electron chi connectivity index (χ0n) is 22.5. The lowest BCUT2D eigenvalue weighted by atomic mass is 9.46. The van der Waals surface area contributed by atoms with E-state index in [-0.39, 0.29) is 23.6 Å². The molecule has 9 atom stereocenters. The smallest absolute Gasteiger partial charge is 0.302 e. The predicted molar refractivity (Wildman–Crippen MR) is 135 cm³/mol. The first-order valence-corrected chi connectivity index (χ1v) is 14.0. The quantitative estimate of drug-likeness (QED) is 0.291. The van der Waals surface area contributed by atoms with Crippen molar-refractivity contribution in [2.75, 3.05) is 7.11 Å². The summed E-state index contributed by atoms with van der Waals surface area (Å²) < 4.78 is 11.9. The first kappa shape index (κ1) is 25.3. The molecule has 0 radical (unpaired) electrons. The summed E-state index contributed by atoms with van der Waals surface area (Å²) in [4.78, 5) is 11.6. The van der Waals surface area contributed by atoms with Gasteiger partial charge >= 0.3 is 5.97 Å². The number of ether oxygens (including phenoxy) is 2. The largest absolute Gasteiger partial charge is 0.462 e. The van der Waals surface area contributed by atoms with Crippen molar-refractivity contribution in [3.05, 3.63) is 11.6 Å². The molecule has 0 bridgehead atoms. The molecule has 4 aliphatic rings. The number of esters is 1. The first-order valence-electron chi connectivity index (χ1n) is 14.0. The van der Waals surface area contributed by atoms with Crippen molar-refractivity contribution in [3.63, 3.8) is 0 Å². The monoisotopic (exact) mass is 458 g/mol. The van der Waals surface area contributed by atoms with Gasteiger partial charge in [-0.2, -0.15) is 0 Å². The Balaban J connectivity index is 1.55. The molecule has 0 spiro atoms. The molecule has 0 aromatic heterocycles. The molecule has 3 saturated carbocycles. The molecule has 3 heteroatoms. The lowest BCUT2D eigenvalue weighted by Crippen LogP contribution is -2.55. The maximum Gasteiger partial charge on any atom is 0.302 e. The second kappa shape index (κ2) is 9.67. The average Bonchev–Trinajstić information content (AvgIpc) is 3.10. The first-order chi connectivity index (χ1) is 15.6. The van der Waals surface area contributed by atoms with E-state index < -0.39 is 0 Å². The highest BCUT2D eigenvalue weighted by Gasteiger charge is 2.61. The lowest BCUT2D eigenvalue weighted by Gasteiger charge is -2.60. The van der Waals surface area contributed by atoms with Gasteiger partial charge < -0.3 is 9.47 Å². The molecule has 0 heterocycles. The Labute approximate surface area is 203 Å². The summed E-state index contributed by atoms with van der Waals surface area (Å²) in [6.07, 6.45) is 15.4. The summed E-state index contributed by atoms with van der Waals surface area (Å²) in [6, 6.07) is 0. The summed E-state index contributed by atoms with van der Waals surface area (Å²) in [7, 11) is 1.92. The number of rotatable bonds is 7. The predicted octanol–water partition coefficient (Wildman–Crippen LogP) is 7.58. The number of hydrogen-bond acceptors (Lipinski definition) is 3. The zero-order valence-corrected chi connectivity index (χ0v) is 22.5. The summed E-state index contributed by atoms with van der Waals surface area (Å²) in [5.41, 5.74) is 2.22. The summed E-state index contributed by atoms with van der Waals surface area (Å²) in [6.45, 7) is 14.0. The molecule has 0 amide bonds. The van der Waals surface area contributed by atoms with E-state index in [1.165, 1.54) is 50.5 Å². The second-order valence-corrected chi connectivity index (χ2v) is 13.1. The van der Waals surface area contributed by atoms with Crippen LogP contribution in [-0.2, 0) is 14.3 Å². The van der Waals surface area contributed by atoms with Gasteiger partial charge in [-0.3, -0.25) is 4.79 Å². The van der Waals surface area contributed by atoms with Crippen LogP contribution >= 0.6 is 0 Å². The number of methoxy groups -OCH3 is 1. The standard InChI is InChI=1S/C30H50O3/c1-19(2)9-8-10-20(3)24-11-12-25-28-26(14-16-30(24,25)6)29(5)15-13-23(33-21(4)31)17-22(29)18-27(28)32-7/h18-20,23-28H,8-17H2,1-7H3/t20-,23-,24-,25+,26+,27+,28+,29-,30+/m0/s1. The van der Waals surface area contributed by atoms with Gasteiger partial charge in [0.05, 0.1) is 6.10 Å². The van der Waals surface area contributed by atoms with Crippen LogP contribution in [0.4, 0.5) is 0 Å². The number of fused-ring (bicyclic) bond motifs is 5. The van der Waals surface area contributed by atoms with Crippen molar-refractivity contribution < 1.29 is 14.3 Å². The van der Waals surface area contributed by atoms with E-state index in [1.807, 2.05) is 7.11 Å². The van der Waals surface area contributed by atoms with Crippen molar-refractivity contribution in [3.8, 4) is 0 Å². The van der Waals surface area contributed by atoms with Crippen LogP contribution in [0, 0.1) is 46.3 Å². The van der Waals surface area contributed by atoms with Crippen LogP contribution in [0.3, 0.4) is 0 Å². The van der Waals surface area contributed by atoms with E-state index in [0.29, 0.717) is 17.3 Å². The second-order valence-electron chi connectivity index (χ2n) is 13.1. The molecule has 0 aromatic rings. The Bertz CT molecular complexity index is 741. The highest BCUT2D eigenvalue weighted by atomic mass is 16.5. The molecule has 3 fully saturated rings. The SMILES string of the molecule is CO[C@@H]1C=C2C[C@@H](OC(C)=O)CC[C@]2(C)[C@@H]2CC[C@@]3(C)[C@H](CC[C@H]3[C@@H](C)CCCC(C)C)[C@H]21. The van der Waals surface area contributed by atoms with Crippen molar-refractivity contribution >= 4 is 5.97 Å². The molecule has 0 saturated heterocycles. The average molecular weight is 459 g/mol. The summed E-state index contributed by atoms with van der Waals surface area (Å²) in [5, 5.41) is 0. The topological polar surface area (TPSA) is 35.5 Å². The van der Waals surface area contributed by atoms with E-state index in [4.69, 9.17) is 9.47 Å². The van der Waals surface area contributed by atoms with Crippen LogP contribution in [0.15, 0.2) is 11.6 Å². The number of hydrogen-bond donors (Lipinski definition) is 0. The minimum atomic E-state index is -0.144. The molecular formula is C30H50O3. The van der Waals surface area contributed by atoms with Crippen molar-refractivity contribution in [2.45, 2.75) is 118 Å². The molecule has 0 aliphatic heterocycles. The van der Waals surface area contributed by atoms with Gasteiger partial charge in [-0.1, -0.05) is 65.5 Å². The Morgan fingerprint density at radius 2 is 1.82 bits per heavy atom. The fourth-order valence-corrected chi connectivity index (χ4v) is 9.17. The Morgan fingerprint density at radius 3 is 2.48 bits per heavy atom. The number of carbonyl (C=O) groups is 1. The van der Waals surface area contributed by atoms with Gasteiger partial charge in [-0.25, -0.2) is 0 Å². The van der Waals surface area contributed by atoms with Crippen molar-refractivity contribution in [1.82, 2.24) is 0 Å². The van der Waals surface area contributed by atoms with E-state index in [9.17, 15) is 4.79 Å². The molecule has 0 aromatic carbocycles. The van der Waals surface area contributed by atoms with Gasteiger partial charge in [0, 0.05) is 20.5 Å². The summed E-state index contributed by atoms with van der Waals surface area (Å²) in [5.74, 6) is 4.50. The van der Waals surface area contributed by atoms with Gasteiger partial charge in [-0.05, 0) is 84.9 Å². The van der Waals surface area contributed by atoms with Crippen molar-refractivity contribution in [1.29, 1.82) is 0 Å². The molecule has 33 heavy (non-hydrogen) atoms. The van der Waals surface area contributed by atoms with Crippen LogP contribution in [0.5, 0.6) is 0 Å². The third-order valence-corrected chi connectivity index (χ3v) is 10.9. The summed E-state index contributed by atoms with van der Waals surface area (Å²) >= 11 is 0. The fourth-order valence-electron chi connectivity index (χ4n) is 9.17. The fraction of sp³-hybridized carbons (Fsp3) is 0.900. The third kappa shape index (κ3) is 4.57. The van der Waals surface area contributed by atoms with Crippen LogP contribution in [-0.4, -0.2) is 25.3 Å². The molecule has 0 N–H and O–H groups in total. The highest BCUT2D eigenvalue weighted by Crippen LogP contribution is 2.67. The molecular weight excluding hydrogens is 408 g/mol. The molecule has 4 rings (SSSR count).